The zero-order valence-electron chi connectivity index (χ0n) is 15.5. The fraction of sp³-hybridized carbons (Fsp3) is 0.524. The fourth-order valence-corrected chi connectivity index (χ4v) is 5.15. The van der Waals surface area contributed by atoms with Crippen molar-refractivity contribution in [3.05, 3.63) is 47.5 Å². The maximum atomic E-state index is 13.4. The maximum absolute atomic E-state index is 13.4. The lowest BCUT2D eigenvalue weighted by molar-refractivity contribution is -0.144. The van der Waals surface area contributed by atoms with E-state index in [0.717, 1.165) is 6.42 Å². The van der Waals surface area contributed by atoms with Crippen LogP contribution >= 0.6 is 0 Å². The van der Waals surface area contributed by atoms with Gasteiger partial charge in [0.2, 0.25) is 11.8 Å². The van der Waals surface area contributed by atoms with Gasteiger partial charge in [0, 0.05) is 26.7 Å². The third kappa shape index (κ3) is 2.47. The Morgan fingerprint density at radius 3 is 2.96 bits per heavy atom. The summed E-state index contributed by atoms with van der Waals surface area (Å²) < 4.78 is 11.3. The maximum Gasteiger partial charge on any atom is 0.230 e. The molecule has 0 saturated carbocycles. The average molecular weight is 368 g/mol. The number of hydrogen-bond acceptors (Lipinski definition) is 4. The Bertz CT molecular complexity index is 822. The highest BCUT2D eigenvalue weighted by Gasteiger charge is 2.67. The van der Waals surface area contributed by atoms with Gasteiger partial charge < -0.3 is 19.3 Å². The minimum Gasteiger partial charge on any atom is -0.383 e. The summed E-state index contributed by atoms with van der Waals surface area (Å²) in [5.74, 6) is -0.753. The van der Waals surface area contributed by atoms with Gasteiger partial charge in [0.05, 0.1) is 31.1 Å². The molecule has 1 aromatic rings. The van der Waals surface area contributed by atoms with E-state index in [-0.39, 0.29) is 17.9 Å². The predicted molar refractivity (Wildman–Crippen MR) is 97.7 cm³/mol. The normalized spacial score (nSPS) is 33.5. The van der Waals surface area contributed by atoms with Crippen molar-refractivity contribution < 1.29 is 19.1 Å². The second-order valence-electron chi connectivity index (χ2n) is 7.93. The lowest BCUT2D eigenvalue weighted by Gasteiger charge is -2.33. The van der Waals surface area contributed by atoms with E-state index >= 15 is 0 Å². The van der Waals surface area contributed by atoms with Gasteiger partial charge in [-0.05, 0) is 17.5 Å². The number of fused-ring (bicyclic) bond motifs is 2. The van der Waals surface area contributed by atoms with Crippen molar-refractivity contribution in [3.63, 3.8) is 0 Å². The molecular formula is C21H24N2O4. The summed E-state index contributed by atoms with van der Waals surface area (Å²) in [7, 11) is 1.63. The van der Waals surface area contributed by atoms with Gasteiger partial charge in [0.1, 0.15) is 5.60 Å². The minimum atomic E-state index is -0.635. The first-order valence-corrected chi connectivity index (χ1v) is 9.63. The van der Waals surface area contributed by atoms with Crippen LogP contribution in [0.1, 0.15) is 11.1 Å². The van der Waals surface area contributed by atoms with Crippen LogP contribution in [-0.2, 0) is 32.0 Å². The van der Waals surface area contributed by atoms with Gasteiger partial charge in [-0.15, -0.1) is 0 Å². The van der Waals surface area contributed by atoms with E-state index in [4.69, 9.17) is 9.47 Å². The first-order valence-electron chi connectivity index (χ1n) is 9.63. The molecule has 4 aliphatic rings. The molecule has 6 nitrogen and oxygen atoms in total. The molecule has 4 atom stereocenters. The molecule has 1 aromatic carbocycles. The highest BCUT2D eigenvalue weighted by atomic mass is 16.5. The van der Waals surface area contributed by atoms with E-state index in [0.29, 0.717) is 32.8 Å². The number of rotatable bonds is 4. The second kappa shape index (κ2) is 6.17. The summed E-state index contributed by atoms with van der Waals surface area (Å²) in [6.45, 7) is 2.85. The van der Waals surface area contributed by atoms with Crippen LogP contribution in [0.5, 0.6) is 0 Å². The largest absolute Gasteiger partial charge is 0.383 e. The van der Waals surface area contributed by atoms with E-state index in [1.165, 1.54) is 11.1 Å². The van der Waals surface area contributed by atoms with Gasteiger partial charge >= 0.3 is 0 Å². The third-order valence-electron chi connectivity index (χ3n) is 6.47. The van der Waals surface area contributed by atoms with Gasteiger partial charge in [-0.3, -0.25) is 9.59 Å². The van der Waals surface area contributed by atoms with Gasteiger partial charge in [0.25, 0.3) is 0 Å². The molecule has 2 bridgehead atoms. The standard InChI is InChI=1S/C21H24N2O4/c1-26-11-10-23-13-21-8-6-16(27-21)17(18(21)20(23)25)19(24)22-9-7-14-4-2-3-5-15(14)12-22/h2-6,8,16-18H,7,9-13H2,1H3/t16-,17?,18?,21-/m1/s1. The molecule has 27 heavy (non-hydrogen) atoms. The topological polar surface area (TPSA) is 59.1 Å². The summed E-state index contributed by atoms with van der Waals surface area (Å²) in [6, 6.07) is 8.27. The number of carbonyl (C=O) groups excluding carboxylic acids is 2. The molecule has 0 radical (unpaired) electrons. The van der Waals surface area contributed by atoms with Crippen molar-refractivity contribution in [2.75, 3.05) is 33.4 Å². The Kier molecular flexibility index (Phi) is 3.88. The van der Waals surface area contributed by atoms with Gasteiger partial charge in [-0.2, -0.15) is 0 Å². The van der Waals surface area contributed by atoms with E-state index in [1.807, 2.05) is 29.2 Å². The van der Waals surface area contributed by atoms with Crippen molar-refractivity contribution >= 4 is 11.8 Å². The van der Waals surface area contributed by atoms with Crippen LogP contribution in [-0.4, -0.2) is 66.7 Å². The number of ether oxygens (including phenoxy) is 2. The Balaban J connectivity index is 1.39. The number of nitrogens with zero attached hydrogens (tertiary/aromatic N) is 2. The molecule has 2 amide bonds. The zero-order valence-corrected chi connectivity index (χ0v) is 15.5. The van der Waals surface area contributed by atoms with Crippen LogP contribution in [0, 0.1) is 11.8 Å². The molecule has 4 aliphatic heterocycles. The number of methoxy groups -OCH3 is 1. The summed E-state index contributed by atoms with van der Waals surface area (Å²) in [6.07, 6.45) is 4.56. The van der Waals surface area contributed by atoms with Crippen molar-refractivity contribution in [1.82, 2.24) is 9.80 Å². The van der Waals surface area contributed by atoms with Crippen LogP contribution in [0.4, 0.5) is 0 Å². The molecule has 2 unspecified atom stereocenters. The summed E-state index contributed by atoms with van der Waals surface area (Å²) >= 11 is 0. The number of carbonyl (C=O) groups is 2. The summed E-state index contributed by atoms with van der Waals surface area (Å²) in [5.41, 5.74) is 1.87. The summed E-state index contributed by atoms with van der Waals surface area (Å²) in [4.78, 5) is 30.2. The van der Waals surface area contributed by atoms with Crippen molar-refractivity contribution in [3.8, 4) is 0 Å². The second-order valence-corrected chi connectivity index (χ2v) is 7.93. The average Bonchev–Trinajstić information content (AvgIpc) is 3.33. The van der Waals surface area contributed by atoms with Crippen LogP contribution in [0.15, 0.2) is 36.4 Å². The lowest BCUT2D eigenvalue weighted by Crippen LogP contribution is -2.47. The highest BCUT2D eigenvalue weighted by molar-refractivity contribution is 5.93. The van der Waals surface area contributed by atoms with Gasteiger partial charge in [-0.1, -0.05) is 36.4 Å². The molecule has 5 rings (SSSR count). The molecule has 0 N–H and O–H groups in total. The zero-order chi connectivity index (χ0) is 18.6. The molecule has 0 aromatic heterocycles. The number of likely N-dealkylation sites (tertiary alicyclic amines) is 1. The monoisotopic (exact) mass is 368 g/mol. The first kappa shape index (κ1) is 17.0. The SMILES string of the molecule is COCCN1C[C@@]23C=C[C@@H](O2)C(C(=O)N2CCc4ccccc4C2)C3C1=O. The van der Waals surface area contributed by atoms with Crippen molar-refractivity contribution in [1.29, 1.82) is 0 Å². The van der Waals surface area contributed by atoms with Gasteiger partial charge in [0.15, 0.2) is 0 Å². The van der Waals surface area contributed by atoms with Crippen LogP contribution in [0.2, 0.25) is 0 Å². The van der Waals surface area contributed by atoms with Crippen LogP contribution in [0.3, 0.4) is 0 Å². The molecule has 142 valence electrons. The first-order chi connectivity index (χ1) is 13.1. The predicted octanol–water partition coefficient (Wildman–Crippen LogP) is 1.000. The lowest BCUT2D eigenvalue weighted by atomic mass is 9.76. The van der Waals surface area contributed by atoms with E-state index in [9.17, 15) is 9.59 Å². The highest BCUT2D eigenvalue weighted by Crippen LogP contribution is 2.52. The van der Waals surface area contributed by atoms with E-state index in [1.54, 1.807) is 12.0 Å². The van der Waals surface area contributed by atoms with E-state index in [2.05, 4.69) is 12.1 Å². The van der Waals surface area contributed by atoms with Crippen LogP contribution < -0.4 is 0 Å². The molecule has 1 spiro atoms. The smallest absolute Gasteiger partial charge is 0.230 e. The minimum absolute atomic E-state index is 0.0228. The number of hydrogen-bond donors (Lipinski definition) is 0. The Morgan fingerprint density at radius 2 is 2.15 bits per heavy atom. The molecule has 4 heterocycles. The molecular weight excluding hydrogens is 344 g/mol. The van der Waals surface area contributed by atoms with Crippen molar-refractivity contribution in [2.24, 2.45) is 11.8 Å². The number of benzene rings is 1. The quantitative estimate of drug-likeness (QED) is 0.744. The fourth-order valence-electron chi connectivity index (χ4n) is 5.15. The number of amides is 2. The molecule has 6 heteroatoms. The molecule has 2 fully saturated rings. The Hall–Kier alpha value is -2.18. The van der Waals surface area contributed by atoms with Gasteiger partial charge in [-0.25, -0.2) is 0 Å². The summed E-state index contributed by atoms with van der Waals surface area (Å²) in [5, 5.41) is 0. The Morgan fingerprint density at radius 1 is 1.33 bits per heavy atom. The molecule has 2 saturated heterocycles. The van der Waals surface area contributed by atoms with Crippen molar-refractivity contribution in [2.45, 2.75) is 24.7 Å². The third-order valence-corrected chi connectivity index (χ3v) is 6.47. The Labute approximate surface area is 158 Å². The van der Waals surface area contributed by atoms with Crippen LogP contribution in [0.25, 0.3) is 0 Å². The molecule has 0 aliphatic carbocycles. The van der Waals surface area contributed by atoms with E-state index < -0.39 is 17.4 Å².